The zero-order valence-electron chi connectivity index (χ0n) is 17.2. The Bertz CT molecular complexity index is 1070. The number of likely N-dealkylation sites (N-methyl/N-ethyl adjacent to an activating group) is 1. The quantitative estimate of drug-likeness (QED) is 0.668. The Labute approximate surface area is 179 Å². The molecule has 1 aliphatic heterocycles. The second-order valence-corrected chi connectivity index (χ2v) is 7.76. The number of hydrogen-bond donors (Lipinski definition) is 2. The third-order valence-electron chi connectivity index (χ3n) is 4.75. The van der Waals surface area contributed by atoms with E-state index in [4.69, 9.17) is 11.6 Å². The molecule has 3 heterocycles. The van der Waals surface area contributed by atoms with Crippen molar-refractivity contribution in [3.05, 3.63) is 52.8 Å². The molecule has 0 spiro atoms. The SMILES string of the molecule is C=C(NCC)C(C)N(CC(C)(F)F)c1cncc(-c2c[nH]c3c2=CCC(Cl)=CN=3)n1. The number of alkyl halides is 2. The summed E-state index contributed by atoms with van der Waals surface area (Å²) in [4.78, 5) is 17.9. The summed E-state index contributed by atoms with van der Waals surface area (Å²) in [5.41, 5.74) is 2.64. The molecule has 0 saturated heterocycles. The number of fused-ring (bicyclic) bond motifs is 1. The van der Waals surface area contributed by atoms with Gasteiger partial charge in [0.1, 0.15) is 11.3 Å². The van der Waals surface area contributed by atoms with Crippen LogP contribution in [-0.4, -0.2) is 40.0 Å². The van der Waals surface area contributed by atoms with Crippen molar-refractivity contribution in [2.45, 2.75) is 39.2 Å². The highest BCUT2D eigenvalue weighted by molar-refractivity contribution is 6.29. The van der Waals surface area contributed by atoms with Crippen LogP contribution in [0.15, 0.2) is 47.1 Å². The van der Waals surface area contributed by atoms with Gasteiger partial charge in [0, 0.05) is 53.8 Å². The van der Waals surface area contributed by atoms with E-state index in [1.165, 1.54) is 11.1 Å². The lowest BCUT2D eigenvalue weighted by Crippen LogP contribution is -2.44. The fraction of sp³-hybridized carbons (Fsp3) is 0.381. The molecule has 30 heavy (non-hydrogen) atoms. The number of rotatable bonds is 8. The molecular weight excluding hydrogens is 410 g/mol. The van der Waals surface area contributed by atoms with Crippen LogP contribution >= 0.6 is 11.6 Å². The van der Waals surface area contributed by atoms with Gasteiger partial charge in [-0.2, -0.15) is 0 Å². The number of nitrogens with zero attached hydrogens (tertiary/aromatic N) is 4. The summed E-state index contributed by atoms with van der Waals surface area (Å²) in [6.45, 7) is 8.75. The van der Waals surface area contributed by atoms with E-state index in [0.717, 1.165) is 17.7 Å². The largest absolute Gasteiger partial charge is 0.387 e. The van der Waals surface area contributed by atoms with Crippen LogP contribution in [-0.2, 0) is 0 Å². The molecule has 2 aromatic rings. The van der Waals surface area contributed by atoms with E-state index in [-0.39, 0.29) is 0 Å². The van der Waals surface area contributed by atoms with Gasteiger partial charge in [-0.1, -0.05) is 24.3 Å². The zero-order valence-corrected chi connectivity index (χ0v) is 18.0. The van der Waals surface area contributed by atoms with Crippen molar-refractivity contribution >= 4 is 23.5 Å². The van der Waals surface area contributed by atoms with Crippen molar-refractivity contribution in [2.24, 2.45) is 4.99 Å². The number of halogens is 3. The summed E-state index contributed by atoms with van der Waals surface area (Å²) in [6, 6.07) is -0.409. The second-order valence-electron chi connectivity index (χ2n) is 7.27. The summed E-state index contributed by atoms with van der Waals surface area (Å²) in [5.74, 6) is -2.57. The Kier molecular flexibility index (Phi) is 6.55. The number of aromatic amines is 1. The van der Waals surface area contributed by atoms with E-state index in [2.05, 4.69) is 31.8 Å². The van der Waals surface area contributed by atoms with Gasteiger partial charge < -0.3 is 15.2 Å². The van der Waals surface area contributed by atoms with Crippen LogP contribution in [0.1, 0.15) is 27.2 Å². The number of aromatic nitrogens is 3. The summed E-state index contributed by atoms with van der Waals surface area (Å²) in [5, 5.41) is 4.58. The first kappa shape index (κ1) is 22.0. The van der Waals surface area contributed by atoms with E-state index in [1.807, 2.05) is 19.9 Å². The van der Waals surface area contributed by atoms with Crippen LogP contribution in [0.25, 0.3) is 17.3 Å². The first-order valence-corrected chi connectivity index (χ1v) is 10.1. The molecule has 0 saturated carbocycles. The first-order chi connectivity index (χ1) is 14.2. The van der Waals surface area contributed by atoms with Crippen molar-refractivity contribution < 1.29 is 8.78 Å². The van der Waals surface area contributed by atoms with Gasteiger partial charge >= 0.3 is 0 Å². The smallest absolute Gasteiger partial charge is 0.262 e. The van der Waals surface area contributed by atoms with Gasteiger partial charge in [-0.25, -0.2) is 18.8 Å². The average molecular weight is 435 g/mol. The zero-order chi connectivity index (χ0) is 21.9. The lowest BCUT2D eigenvalue weighted by molar-refractivity contribution is 0.0286. The molecule has 0 radical (unpaired) electrons. The minimum Gasteiger partial charge on any atom is -0.387 e. The van der Waals surface area contributed by atoms with Gasteiger partial charge in [-0.05, 0) is 13.8 Å². The summed E-state index contributed by atoms with van der Waals surface area (Å²) in [7, 11) is 0. The Morgan fingerprint density at radius 3 is 2.90 bits per heavy atom. The predicted molar refractivity (Wildman–Crippen MR) is 116 cm³/mol. The molecule has 0 aliphatic carbocycles. The Morgan fingerprint density at radius 2 is 2.20 bits per heavy atom. The number of H-pyrrole nitrogens is 1. The number of allylic oxidation sites excluding steroid dienone is 1. The van der Waals surface area contributed by atoms with Crippen molar-refractivity contribution in [2.75, 3.05) is 18.0 Å². The van der Waals surface area contributed by atoms with E-state index in [0.29, 0.717) is 40.7 Å². The third-order valence-corrected chi connectivity index (χ3v) is 5.00. The van der Waals surface area contributed by atoms with Crippen LogP contribution < -0.4 is 20.9 Å². The van der Waals surface area contributed by atoms with Gasteiger partial charge in [-0.15, -0.1) is 0 Å². The van der Waals surface area contributed by atoms with Crippen molar-refractivity contribution in [1.29, 1.82) is 0 Å². The molecule has 9 heteroatoms. The van der Waals surface area contributed by atoms with Gasteiger partial charge in [0.2, 0.25) is 0 Å². The van der Waals surface area contributed by atoms with Crippen LogP contribution in [0.4, 0.5) is 14.6 Å². The summed E-state index contributed by atoms with van der Waals surface area (Å²) in [6.07, 6.45) is 8.98. The molecule has 0 fully saturated rings. The van der Waals surface area contributed by atoms with Crippen LogP contribution in [0.2, 0.25) is 0 Å². The fourth-order valence-electron chi connectivity index (χ4n) is 3.24. The topological polar surface area (TPSA) is 69.2 Å². The molecule has 160 valence electrons. The van der Waals surface area contributed by atoms with E-state index >= 15 is 0 Å². The fourth-order valence-corrected chi connectivity index (χ4v) is 3.36. The Hall–Kier alpha value is -2.74. The summed E-state index contributed by atoms with van der Waals surface area (Å²) < 4.78 is 27.9. The maximum atomic E-state index is 14.0. The molecule has 6 nitrogen and oxygen atoms in total. The third kappa shape index (κ3) is 5.05. The van der Waals surface area contributed by atoms with Gasteiger partial charge in [0.15, 0.2) is 0 Å². The second kappa shape index (κ2) is 8.95. The van der Waals surface area contributed by atoms with E-state index in [1.54, 1.807) is 18.6 Å². The molecule has 0 amide bonds. The Morgan fingerprint density at radius 1 is 1.43 bits per heavy atom. The van der Waals surface area contributed by atoms with E-state index < -0.39 is 18.5 Å². The molecule has 1 aliphatic rings. The molecule has 1 unspecified atom stereocenters. The first-order valence-electron chi connectivity index (χ1n) is 9.69. The predicted octanol–water partition coefficient (Wildman–Crippen LogP) is 3.33. The molecule has 0 bridgehead atoms. The summed E-state index contributed by atoms with van der Waals surface area (Å²) >= 11 is 6.09. The van der Waals surface area contributed by atoms with Gasteiger partial charge in [0.25, 0.3) is 5.92 Å². The maximum absolute atomic E-state index is 14.0. The van der Waals surface area contributed by atoms with Crippen LogP contribution in [0, 0.1) is 0 Å². The van der Waals surface area contributed by atoms with Crippen molar-refractivity contribution in [3.8, 4) is 11.3 Å². The lowest BCUT2D eigenvalue weighted by Gasteiger charge is -2.33. The molecule has 0 aromatic carbocycles. The molecule has 2 aromatic heterocycles. The van der Waals surface area contributed by atoms with Gasteiger partial charge in [-0.3, -0.25) is 4.98 Å². The highest BCUT2D eigenvalue weighted by atomic mass is 35.5. The lowest BCUT2D eigenvalue weighted by atomic mass is 10.1. The number of anilines is 1. The molecular formula is C21H25ClF2N6. The molecule has 3 rings (SSSR count). The number of nitrogens with one attached hydrogen (secondary N) is 2. The minimum atomic E-state index is -2.92. The highest BCUT2D eigenvalue weighted by Gasteiger charge is 2.30. The standard InChI is InChI=1S/C21H25ClF2N6/c1-5-26-13(2)14(3)30(12-21(4,23)24)19-11-25-10-18(29-19)17-9-28-20-16(17)7-6-15(22)8-27-20/h7-11,14,26H,2,5-6,12H2,1,3-4H3,(H,27,28). The van der Waals surface area contributed by atoms with Crippen LogP contribution in [0.5, 0.6) is 0 Å². The average Bonchev–Trinajstić information content (AvgIpc) is 3.01. The van der Waals surface area contributed by atoms with Gasteiger partial charge in [0.05, 0.1) is 30.7 Å². The monoisotopic (exact) mass is 434 g/mol. The maximum Gasteiger partial charge on any atom is 0.262 e. The minimum absolute atomic E-state index is 0.345. The van der Waals surface area contributed by atoms with E-state index in [9.17, 15) is 8.78 Å². The highest BCUT2D eigenvalue weighted by Crippen LogP contribution is 2.24. The molecule has 1 atom stereocenters. The molecule has 2 N–H and O–H groups in total. The number of hydrogen-bond acceptors (Lipinski definition) is 5. The van der Waals surface area contributed by atoms with Crippen molar-refractivity contribution in [1.82, 2.24) is 20.3 Å². The van der Waals surface area contributed by atoms with Crippen molar-refractivity contribution in [3.63, 3.8) is 0 Å². The normalized spacial score (nSPS) is 14.5. The Balaban J connectivity index is 2.03. The van der Waals surface area contributed by atoms with Crippen LogP contribution in [0.3, 0.4) is 0 Å².